The number of nitrogens with one attached hydrogen (secondary N) is 1. The molecule has 0 saturated carbocycles. The van der Waals surface area contributed by atoms with E-state index in [1.54, 1.807) is 0 Å². The molecule has 0 radical (unpaired) electrons. The maximum Gasteiger partial charge on any atom is 0.160 e. The van der Waals surface area contributed by atoms with Gasteiger partial charge in [-0.2, -0.15) is 18.1 Å². The second-order valence-electron chi connectivity index (χ2n) is 0.907. The van der Waals surface area contributed by atoms with Gasteiger partial charge in [0.1, 0.15) is 0 Å². The summed E-state index contributed by atoms with van der Waals surface area (Å²) in [6.45, 7) is 0. The summed E-state index contributed by atoms with van der Waals surface area (Å²) >= 11 is 3.89. The molecule has 1 aliphatic rings. The first kappa shape index (κ1) is 3.46. The number of rotatable bonds is 1. The van der Waals surface area contributed by atoms with Gasteiger partial charge in [-0.1, -0.05) is 0 Å². The van der Waals surface area contributed by atoms with E-state index in [4.69, 9.17) is 0 Å². The maximum atomic E-state index is 4.53. The van der Waals surface area contributed by atoms with Crippen molar-refractivity contribution < 1.29 is 4.84 Å². The molecule has 5 heavy (non-hydrogen) atoms. The zero-order valence-corrected chi connectivity index (χ0v) is 3.53. The van der Waals surface area contributed by atoms with Gasteiger partial charge in [-0.25, -0.2) is 0 Å². The Hall–Kier alpha value is 0.270. The van der Waals surface area contributed by atoms with E-state index >= 15 is 0 Å². The Balaban J connectivity index is 2.00. The van der Waals surface area contributed by atoms with Crippen LogP contribution in [0.4, 0.5) is 0 Å². The summed E-state index contributed by atoms with van der Waals surface area (Å²) in [6.07, 6.45) is 0.248. The summed E-state index contributed by atoms with van der Waals surface area (Å²) < 4.78 is 0. The molecule has 1 atom stereocenters. The predicted octanol–water partition coefficient (Wildman–Crippen LogP) is -0.223. The first-order chi connectivity index (χ1) is 2.43. The molecule has 1 saturated heterocycles. The summed E-state index contributed by atoms with van der Waals surface area (Å²) in [5.74, 6) is 0.778. The third-order valence-electron chi connectivity index (χ3n) is 0.450. The van der Waals surface area contributed by atoms with Crippen LogP contribution >= 0.6 is 12.6 Å². The van der Waals surface area contributed by atoms with Crippen LogP contribution in [0.1, 0.15) is 0 Å². The van der Waals surface area contributed by atoms with E-state index in [0.717, 1.165) is 5.75 Å². The topological polar surface area (TPSA) is 34.5 Å². The average molecular weight is 91.1 g/mol. The van der Waals surface area contributed by atoms with Crippen molar-refractivity contribution in [1.82, 2.24) is 5.48 Å². The van der Waals surface area contributed by atoms with Crippen molar-refractivity contribution in [3.63, 3.8) is 0 Å². The first-order valence-electron chi connectivity index (χ1n) is 1.45. The lowest BCUT2D eigenvalue weighted by atomic mass is 10.8. The molecule has 30 valence electrons. The van der Waals surface area contributed by atoms with Gasteiger partial charge in [0.05, 0.1) is 0 Å². The van der Waals surface area contributed by atoms with Crippen LogP contribution in [0.2, 0.25) is 0 Å². The van der Waals surface area contributed by atoms with Gasteiger partial charge in [-0.3, -0.25) is 4.84 Å². The van der Waals surface area contributed by atoms with E-state index in [9.17, 15) is 0 Å². The molecule has 0 aromatic rings. The Morgan fingerprint density at radius 1 is 2.00 bits per heavy atom. The van der Waals surface area contributed by atoms with Crippen LogP contribution in [-0.2, 0) is 4.84 Å². The monoisotopic (exact) mass is 91.0 g/mol. The van der Waals surface area contributed by atoms with Crippen molar-refractivity contribution in [2.45, 2.75) is 6.23 Å². The minimum Gasteiger partial charge on any atom is -0.277 e. The molecule has 0 spiro atoms. The fraction of sp³-hybridized carbons (Fsp3) is 1.00. The second-order valence-corrected chi connectivity index (χ2v) is 1.27. The Kier molecular flexibility index (Phi) is 0.804. The Bertz CT molecular complexity index is 36.6. The smallest absolute Gasteiger partial charge is 0.160 e. The normalized spacial score (nSPS) is 34.2. The average Bonchev–Trinajstić information content (AvgIpc) is 2.12. The van der Waals surface area contributed by atoms with Crippen LogP contribution in [-0.4, -0.2) is 12.0 Å². The molecule has 1 aliphatic heterocycles. The summed E-state index contributed by atoms with van der Waals surface area (Å²) in [7, 11) is 0. The van der Waals surface area contributed by atoms with Gasteiger partial charge in [-0.15, -0.1) is 0 Å². The molecule has 1 rings (SSSR count). The van der Waals surface area contributed by atoms with E-state index in [1.807, 2.05) is 0 Å². The zero-order valence-electron chi connectivity index (χ0n) is 2.64. The lowest BCUT2D eigenvalue weighted by molar-refractivity contribution is 0.382. The quantitative estimate of drug-likeness (QED) is 0.345. The van der Waals surface area contributed by atoms with Crippen molar-refractivity contribution in [2.75, 3.05) is 5.75 Å². The summed E-state index contributed by atoms with van der Waals surface area (Å²) in [6, 6.07) is 0. The Morgan fingerprint density at radius 2 is 2.60 bits per heavy atom. The van der Waals surface area contributed by atoms with Gasteiger partial charge in [0.15, 0.2) is 6.23 Å². The van der Waals surface area contributed by atoms with E-state index < -0.39 is 0 Å². The van der Waals surface area contributed by atoms with Gasteiger partial charge in [-0.05, 0) is 0 Å². The van der Waals surface area contributed by atoms with E-state index in [2.05, 4.69) is 22.9 Å². The molecule has 1 unspecified atom stereocenters. The summed E-state index contributed by atoms with van der Waals surface area (Å²) in [4.78, 5) is 4.53. The molecule has 3 heteroatoms. The van der Waals surface area contributed by atoms with Crippen molar-refractivity contribution in [3.8, 4) is 0 Å². The van der Waals surface area contributed by atoms with Crippen LogP contribution < -0.4 is 5.48 Å². The fourth-order valence-corrected chi connectivity index (χ4v) is 0.272. The van der Waals surface area contributed by atoms with Crippen molar-refractivity contribution >= 4 is 12.6 Å². The largest absolute Gasteiger partial charge is 0.277 e. The van der Waals surface area contributed by atoms with Crippen molar-refractivity contribution in [3.05, 3.63) is 0 Å². The van der Waals surface area contributed by atoms with Crippen LogP contribution in [0.15, 0.2) is 0 Å². The van der Waals surface area contributed by atoms with E-state index in [-0.39, 0.29) is 6.23 Å². The second kappa shape index (κ2) is 1.16. The van der Waals surface area contributed by atoms with Crippen molar-refractivity contribution in [2.24, 2.45) is 0 Å². The Labute approximate surface area is 35.9 Å². The van der Waals surface area contributed by atoms with Gasteiger partial charge >= 0.3 is 0 Å². The molecular weight excluding hydrogens is 86.1 g/mol. The highest BCUT2D eigenvalue weighted by atomic mass is 32.1. The molecule has 0 amide bonds. The van der Waals surface area contributed by atoms with Crippen molar-refractivity contribution in [1.29, 1.82) is 0 Å². The molecule has 0 aromatic carbocycles. The highest BCUT2D eigenvalue weighted by Gasteiger charge is 2.18. The number of hydrogen-bond donors (Lipinski definition) is 2. The molecule has 0 aromatic heterocycles. The number of hydrogen-bond acceptors (Lipinski definition) is 3. The van der Waals surface area contributed by atoms with Gasteiger partial charge < -0.3 is 0 Å². The highest BCUT2D eigenvalue weighted by molar-refractivity contribution is 7.80. The third kappa shape index (κ3) is 0.792. The lowest BCUT2D eigenvalue weighted by Crippen LogP contribution is -1.87. The minimum absolute atomic E-state index is 0.248. The van der Waals surface area contributed by atoms with Gasteiger partial charge in [0.25, 0.3) is 0 Å². The van der Waals surface area contributed by atoms with Crippen LogP contribution in [0.25, 0.3) is 0 Å². The molecule has 0 bridgehead atoms. The molecule has 1 heterocycles. The highest BCUT2D eigenvalue weighted by Crippen LogP contribution is 1.98. The Morgan fingerprint density at radius 3 is 2.60 bits per heavy atom. The maximum absolute atomic E-state index is 4.53. The minimum atomic E-state index is 0.248. The number of hydroxylamine groups is 1. The van der Waals surface area contributed by atoms with Crippen LogP contribution in [0.5, 0.6) is 0 Å². The summed E-state index contributed by atoms with van der Waals surface area (Å²) in [5, 5.41) is 0. The fourth-order valence-electron chi connectivity index (χ4n) is 0.123. The molecule has 1 N–H and O–H groups in total. The first-order valence-corrected chi connectivity index (χ1v) is 2.09. The van der Waals surface area contributed by atoms with Gasteiger partial charge in [0, 0.05) is 5.75 Å². The molecular formula is C2H5NOS. The molecule has 0 aliphatic carbocycles. The van der Waals surface area contributed by atoms with E-state index in [0.29, 0.717) is 0 Å². The SMILES string of the molecule is SCC1NO1. The van der Waals surface area contributed by atoms with Crippen LogP contribution in [0.3, 0.4) is 0 Å². The lowest BCUT2D eigenvalue weighted by Gasteiger charge is -1.65. The summed E-state index contributed by atoms with van der Waals surface area (Å²) in [5.41, 5.74) is 2.61. The third-order valence-corrected chi connectivity index (χ3v) is 0.782. The van der Waals surface area contributed by atoms with E-state index in [1.165, 1.54) is 0 Å². The zero-order chi connectivity index (χ0) is 3.70. The standard InChI is InChI=1S/C2H5NOS/c5-1-2-3-4-2/h2-3,5H,1H2. The van der Waals surface area contributed by atoms with Gasteiger partial charge in [0.2, 0.25) is 0 Å². The van der Waals surface area contributed by atoms with Crippen LogP contribution in [0, 0.1) is 0 Å². The molecule has 2 nitrogen and oxygen atoms in total. The number of thiol groups is 1. The molecule has 1 fully saturated rings. The predicted molar refractivity (Wildman–Crippen MR) is 21.9 cm³/mol.